The highest BCUT2D eigenvalue weighted by Gasteiger charge is 2.37. The van der Waals surface area contributed by atoms with Gasteiger partial charge in [0.15, 0.2) is 0 Å². The summed E-state index contributed by atoms with van der Waals surface area (Å²) < 4.78 is 52.8. The molecule has 1 aromatic carbocycles. The number of rotatable bonds is 7. The molecule has 0 bridgehead atoms. The normalized spacial score (nSPS) is 16.5. The molecule has 2 aromatic rings. The third-order valence-electron chi connectivity index (χ3n) is 4.89. The van der Waals surface area contributed by atoms with Crippen LogP contribution in [0.15, 0.2) is 28.7 Å². The second-order valence-electron chi connectivity index (χ2n) is 7.51. The summed E-state index contributed by atoms with van der Waals surface area (Å²) in [7, 11) is 0. The van der Waals surface area contributed by atoms with Crippen molar-refractivity contribution in [3.05, 3.63) is 41.6 Å². The number of hydrogen-bond acceptors (Lipinski definition) is 6. The van der Waals surface area contributed by atoms with E-state index in [1.807, 2.05) is 13.8 Å². The van der Waals surface area contributed by atoms with Crippen molar-refractivity contribution in [2.75, 3.05) is 13.2 Å². The molecule has 164 valence electrons. The number of nitrogens with one attached hydrogen (secondary N) is 1. The van der Waals surface area contributed by atoms with Crippen LogP contribution < -0.4 is 10.1 Å². The molecule has 0 aliphatic carbocycles. The molecule has 3 rings (SSSR count). The molecule has 1 aliphatic heterocycles. The summed E-state index contributed by atoms with van der Waals surface area (Å²) in [5, 5.41) is 10.9. The van der Waals surface area contributed by atoms with Crippen LogP contribution in [-0.4, -0.2) is 35.7 Å². The topological polar surface area (TPSA) is 86.5 Å². The van der Waals surface area contributed by atoms with Crippen molar-refractivity contribution in [1.29, 1.82) is 0 Å². The Labute approximate surface area is 171 Å². The van der Waals surface area contributed by atoms with Crippen LogP contribution in [0.5, 0.6) is 5.75 Å². The summed E-state index contributed by atoms with van der Waals surface area (Å²) >= 11 is 0. The van der Waals surface area contributed by atoms with Gasteiger partial charge in [0.2, 0.25) is 17.7 Å². The lowest BCUT2D eigenvalue weighted by molar-refractivity contribution is -0.274. The van der Waals surface area contributed by atoms with Crippen LogP contribution in [0, 0.1) is 0 Å². The first-order chi connectivity index (χ1) is 14.2. The number of amides is 1. The predicted octanol–water partition coefficient (Wildman–Crippen LogP) is 3.85. The summed E-state index contributed by atoms with van der Waals surface area (Å²) in [6, 6.07) is 5.70. The molecule has 1 saturated heterocycles. The van der Waals surface area contributed by atoms with Crippen molar-refractivity contribution in [3.63, 3.8) is 0 Å². The molecular weight excluding hydrogens is 403 g/mol. The van der Waals surface area contributed by atoms with Crippen LogP contribution >= 0.6 is 0 Å². The Kier molecular flexibility index (Phi) is 6.64. The number of alkyl halides is 3. The van der Waals surface area contributed by atoms with E-state index in [1.54, 1.807) is 6.07 Å². The van der Waals surface area contributed by atoms with Gasteiger partial charge in [-0.05, 0) is 30.5 Å². The van der Waals surface area contributed by atoms with Crippen LogP contribution in [0.4, 0.5) is 13.2 Å². The minimum Gasteiger partial charge on any atom is -0.425 e. The van der Waals surface area contributed by atoms with Crippen molar-refractivity contribution >= 4 is 5.91 Å². The van der Waals surface area contributed by atoms with Gasteiger partial charge >= 0.3 is 6.36 Å². The fraction of sp³-hybridized carbons (Fsp3) is 0.550. The molecule has 0 radical (unpaired) electrons. The number of hydrogen-bond donors (Lipinski definition) is 1. The van der Waals surface area contributed by atoms with Crippen LogP contribution in [-0.2, 0) is 21.5 Å². The molecule has 0 unspecified atom stereocenters. The van der Waals surface area contributed by atoms with E-state index in [-0.39, 0.29) is 30.4 Å². The molecule has 1 aliphatic rings. The number of aryl methyl sites for hydroxylation is 1. The molecule has 1 fully saturated rings. The zero-order chi connectivity index (χ0) is 21.8. The van der Waals surface area contributed by atoms with Gasteiger partial charge in [-0.25, -0.2) is 0 Å². The summed E-state index contributed by atoms with van der Waals surface area (Å²) in [5.41, 5.74) is -0.293. The fourth-order valence-electron chi connectivity index (χ4n) is 3.35. The summed E-state index contributed by atoms with van der Waals surface area (Å²) in [5.74, 6) is 0.385. The first-order valence-electron chi connectivity index (χ1n) is 9.74. The van der Waals surface area contributed by atoms with Gasteiger partial charge in [0.25, 0.3) is 0 Å². The highest BCUT2D eigenvalue weighted by atomic mass is 19.4. The highest BCUT2D eigenvalue weighted by Crippen LogP contribution is 2.35. The summed E-state index contributed by atoms with van der Waals surface area (Å²) in [4.78, 5) is 12.7. The second kappa shape index (κ2) is 9.03. The van der Waals surface area contributed by atoms with E-state index in [0.29, 0.717) is 43.4 Å². The molecule has 10 heteroatoms. The van der Waals surface area contributed by atoms with Gasteiger partial charge in [0, 0.05) is 32.0 Å². The minimum absolute atomic E-state index is 0.0942. The van der Waals surface area contributed by atoms with Gasteiger partial charge in [-0.3, -0.25) is 4.79 Å². The average Bonchev–Trinajstić information content (AvgIpc) is 3.15. The van der Waals surface area contributed by atoms with Crippen molar-refractivity contribution in [3.8, 4) is 5.75 Å². The number of nitrogens with zero attached hydrogens (tertiary/aromatic N) is 2. The van der Waals surface area contributed by atoms with E-state index in [4.69, 9.17) is 9.15 Å². The average molecular weight is 427 g/mol. The molecule has 1 N–H and O–H groups in total. The lowest BCUT2D eigenvalue weighted by atomic mass is 9.82. The van der Waals surface area contributed by atoms with Gasteiger partial charge < -0.3 is 19.2 Å². The third-order valence-corrected chi connectivity index (χ3v) is 4.89. The summed E-state index contributed by atoms with van der Waals surface area (Å²) in [6.07, 6.45) is -3.53. The van der Waals surface area contributed by atoms with Crippen molar-refractivity contribution in [2.45, 2.75) is 57.3 Å². The van der Waals surface area contributed by atoms with Crippen LogP contribution in [0.1, 0.15) is 56.4 Å². The standard InChI is InChI=1S/C20H24F3N3O4/c1-13(2)18-26-25-17(29-18)7-6-16(27)24-19(8-10-28-11-9-19)14-4-3-5-15(12-14)30-20(21,22)23/h3-5,12-13H,6-11H2,1-2H3,(H,24,27). The smallest absolute Gasteiger partial charge is 0.425 e. The summed E-state index contributed by atoms with van der Waals surface area (Å²) in [6.45, 7) is 4.61. The van der Waals surface area contributed by atoms with Crippen LogP contribution in [0.3, 0.4) is 0 Å². The molecule has 30 heavy (non-hydrogen) atoms. The van der Waals surface area contributed by atoms with Gasteiger partial charge in [-0.1, -0.05) is 26.0 Å². The quantitative estimate of drug-likeness (QED) is 0.723. The maximum Gasteiger partial charge on any atom is 0.573 e. The zero-order valence-corrected chi connectivity index (χ0v) is 16.8. The largest absolute Gasteiger partial charge is 0.573 e. The van der Waals surface area contributed by atoms with E-state index in [1.165, 1.54) is 18.2 Å². The van der Waals surface area contributed by atoms with E-state index < -0.39 is 11.9 Å². The molecule has 1 amide bonds. The number of ether oxygens (including phenoxy) is 2. The monoisotopic (exact) mass is 427 g/mol. The maximum absolute atomic E-state index is 12.7. The number of carbonyl (C=O) groups is 1. The molecule has 1 aromatic heterocycles. The number of aromatic nitrogens is 2. The van der Waals surface area contributed by atoms with E-state index in [9.17, 15) is 18.0 Å². The van der Waals surface area contributed by atoms with E-state index in [0.717, 1.165) is 0 Å². The van der Waals surface area contributed by atoms with Crippen molar-refractivity contribution < 1.29 is 31.9 Å². The van der Waals surface area contributed by atoms with Crippen molar-refractivity contribution in [1.82, 2.24) is 15.5 Å². The zero-order valence-electron chi connectivity index (χ0n) is 16.8. The fourth-order valence-corrected chi connectivity index (χ4v) is 3.35. The van der Waals surface area contributed by atoms with Gasteiger partial charge in [-0.2, -0.15) is 0 Å². The van der Waals surface area contributed by atoms with E-state index in [2.05, 4.69) is 20.3 Å². The molecular formula is C20H24F3N3O4. The van der Waals surface area contributed by atoms with Crippen LogP contribution in [0.2, 0.25) is 0 Å². The Hall–Kier alpha value is -2.62. The Bertz CT molecular complexity index is 861. The second-order valence-corrected chi connectivity index (χ2v) is 7.51. The number of halogens is 3. The van der Waals surface area contributed by atoms with Gasteiger partial charge in [-0.15, -0.1) is 23.4 Å². The Morgan fingerprint density at radius 1 is 1.27 bits per heavy atom. The third kappa shape index (κ3) is 5.71. The molecule has 7 nitrogen and oxygen atoms in total. The molecule has 0 spiro atoms. The SMILES string of the molecule is CC(C)c1nnc(CCC(=O)NC2(c3cccc(OC(F)(F)F)c3)CCOCC2)o1. The molecule has 2 heterocycles. The number of benzene rings is 1. The Morgan fingerprint density at radius 2 is 2.00 bits per heavy atom. The predicted molar refractivity (Wildman–Crippen MR) is 99.7 cm³/mol. The van der Waals surface area contributed by atoms with Crippen LogP contribution in [0.25, 0.3) is 0 Å². The van der Waals surface area contributed by atoms with Gasteiger partial charge in [0.05, 0.1) is 5.54 Å². The molecule has 0 atom stereocenters. The maximum atomic E-state index is 12.7. The lowest BCUT2D eigenvalue weighted by Gasteiger charge is -2.38. The first-order valence-corrected chi connectivity index (χ1v) is 9.74. The first kappa shape index (κ1) is 22.1. The lowest BCUT2D eigenvalue weighted by Crippen LogP contribution is -2.49. The number of carbonyl (C=O) groups excluding carboxylic acids is 1. The van der Waals surface area contributed by atoms with Crippen molar-refractivity contribution in [2.24, 2.45) is 0 Å². The highest BCUT2D eigenvalue weighted by molar-refractivity contribution is 5.77. The van der Waals surface area contributed by atoms with Gasteiger partial charge in [0.1, 0.15) is 5.75 Å². The minimum atomic E-state index is -4.79. The Balaban J connectivity index is 1.72. The molecule has 0 saturated carbocycles. The Morgan fingerprint density at radius 3 is 2.63 bits per heavy atom. The van der Waals surface area contributed by atoms with E-state index >= 15 is 0 Å².